The zero-order valence-corrected chi connectivity index (χ0v) is 17.8. The van der Waals surface area contributed by atoms with Crippen LogP contribution in [0.1, 0.15) is 36.2 Å². The van der Waals surface area contributed by atoms with E-state index in [-0.39, 0.29) is 12.0 Å². The van der Waals surface area contributed by atoms with Crippen molar-refractivity contribution in [2.24, 2.45) is 0 Å². The van der Waals surface area contributed by atoms with Gasteiger partial charge in [-0.15, -0.1) is 0 Å². The van der Waals surface area contributed by atoms with E-state index in [2.05, 4.69) is 5.32 Å². The van der Waals surface area contributed by atoms with Gasteiger partial charge in [-0.2, -0.15) is 0 Å². The maximum atomic E-state index is 12.7. The second kappa shape index (κ2) is 10.2. The smallest absolute Gasteiger partial charge is 0.414 e. The van der Waals surface area contributed by atoms with Crippen molar-refractivity contribution < 1.29 is 23.8 Å². The molecule has 2 aromatic rings. The maximum Gasteiger partial charge on any atom is 0.414 e. The fourth-order valence-electron chi connectivity index (χ4n) is 3.05. The van der Waals surface area contributed by atoms with Crippen LogP contribution in [0.2, 0.25) is 5.02 Å². The Morgan fingerprint density at radius 1 is 1.23 bits per heavy atom. The lowest BCUT2D eigenvalue weighted by Crippen LogP contribution is -2.25. The lowest BCUT2D eigenvalue weighted by atomic mass is 10.1. The number of rotatable bonds is 9. The normalized spacial score (nSPS) is 13.2. The molecule has 1 aliphatic rings. The predicted molar refractivity (Wildman–Crippen MR) is 115 cm³/mol. The summed E-state index contributed by atoms with van der Waals surface area (Å²) in [7, 11) is 0. The molecule has 0 radical (unpaired) electrons. The largest absolute Gasteiger partial charge is 0.490 e. The van der Waals surface area contributed by atoms with Crippen molar-refractivity contribution in [2.75, 3.05) is 31.3 Å². The highest BCUT2D eigenvalue weighted by atomic mass is 35.5. The van der Waals surface area contributed by atoms with Crippen molar-refractivity contribution in [1.29, 1.82) is 0 Å². The Morgan fingerprint density at radius 2 is 2.07 bits per heavy atom. The van der Waals surface area contributed by atoms with Gasteiger partial charge in [0.15, 0.2) is 11.5 Å². The quantitative estimate of drug-likeness (QED) is 0.634. The van der Waals surface area contributed by atoms with Crippen LogP contribution in [0.4, 0.5) is 10.5 Å². The number of cyclic esters (lactones) is 1. The number of hydrogen-bond donors (Lipinski definition) is 1. The number of nitrogens with zero attached hydrogens (tertiary/aromatic N) is 1. The van der Waals surface area contributed by atoms with Gasteiger partial charge in [-0.05, 0) is 43.2 Å². The molecule has 2 amide bonds. The molecule has 0 atom stereocenters. The molecule has 0 spiro atoms. The minimum Gasteiger partial charge on any atom is -0.490 e. The van der Waals surface area contributed by atoms with Crippen molar-refractivity contribution >= 4 is 29.3 Å². The minimum absolute atomic E-state index is 0.286. The highest BCUT2D eigenvalue weighted by Gasteiger charge is 2.23. The Kier molecular flexibility index (Phi) is 7.41. The number of carbonyl (C=O) groups is 2. The fraction of sp³-hybridized carbons (Fsp3) is 0.364. The monoisotopic (exact) mass is 432 g/mol. The Morgan fingerprint density at radius 3 is 2.77 bits per heavy atom. The minimum atomic E-state index is -0.361. The first-order valence-electron chi connectivity index (χ1n) is 9.94. The number of hydrogen-bond acceptors (Lipinski definition) is 5. The zero-order chi connectivity index (χ0) is 21.5. The molecule has 1 heterocycles. The molecule has 30 heavy (non-hydrogen) atoms. The molecule has 0 saturated carbocycles. The van der Waals surface area contributed by atoms with Gasteiger partial charge in [0.05, 0.1) is 24.8 Å². The van der Waals surface area contributed by atoms with E-state index in [9.17, 15) is 9.59 Å². The number of carbonyl (C=O) groups excluding carboxylic acids is 2. The summed E-state index contributed by atoms with van der Waals surface area (Å²) in [4.78, 5) is 26.0. The highest BCUT2D eigenvalue weighted by molar-refractivity contribution is 6.32. The van der Waals surface area contributed by atoms with Crippen LogP contribution in [0, 0.1) is 0 Å². The number of ether oxygens (including phenoxy) is 3. The molecule has 2 aromatic carbocycles. The van der Waals surface area contributed by atoms with Gasteiger partial charge in [0.25, 0.3) is 5.91 Å². The third kappa shape index (κ3) is 5.16. The van der Waals surface area contributed by atoms with Gasteiger partial charge in [0.2, 0.25) is 0 Å². The number of amides is 2. The van der Waals surface area contributed by atoms with Gasteiger partial charge in [-0.1, -0.05) is 30.7 Å². The van der Waals surface area contributed by atoms with Gasteiger partial charge in [0.1, 0.15) is 6.61 Å². The molecule has 1 fully saturated rings. The lowest BCUT2D eigenvalue weighted by molar-refractivity contribution is 0.0950. The van der Waals surface area contributed by atoms with Crippen LogP contribution in [-0.4, -0.2) is 38.4 Å². The second-order valence-corrected chi connectivity index (χ2v) is 7.09. The molecule has 0 aliphatic carbocycles. The summed E-state index contributed by atoms with van der Waals surface area (Å²) in [5.74, 6) is 0.603. The first-order valence-corrected chi connectivity index (χ1v) is 10.3. The SMILES string of the molecule is CCCOc1c(Cl)cc(C(=O)NCc2cccc(N3CCOC3=O)c2)cc1OCC. The molecular weight excluding hydrogens is 408 g/mol. The van der Waals surface area contributed by atoms with Gasteiger partial charge in [0, 0.05) is 17.8 Å². The third-order valence-corrected chi connectivity index (χ3v) is 4.74. The molecular formula is C22H25ClN2O5. The standard InChI is InChI=1S/C22H25ClN2O5/c1-3-9-29-20-18(23)12-16(13-19(20)28-4-2)21(26)24-14-15-6-5-7-17(11-15)25-8-10-30-22(25)27/h5-7,11-13H,3-4,8-10,14H2,1-2H3,(H,24,26). The zero-order valence-electron chi connectivity index (χ0n) is 17.1. The Bertz CT molecular complexity index is 918. The summed E-state index contributed by atoms with van der Waals surface area (Å²) in [5, 5.41) is 3.20. The van der Waals surface area contributed by atoms with Crippen molar-refractivity contribution in [1.82, 2.24) is 5.32 Å². The summed E-state index contributed by atoms with van der Waals surface area (Å²) in [6, 6.07) is 10.6. The van der Waals surface area contributed by atoms with E-state index < -0.39 is 0 Å². The lowest BCUT2D eigenvalue weighted by Gasteiger charge is -2.15. The summed E-state index contributed by atoms with van der Waals surface area (Å²) in [6.45, 7) is 5.97. The molecule has 8 heteroatoms. The first kappa shape index (κ1) is 21.8. The van der Waals surface area contributed by atoms with E-state index in [0.29, 0.717) is 55.0 Å². The molecule has 1 aliphatic heterocycles. The summed E-state index contributed by atoms with van der Waals surface area (Å²) in [5.41, 5.74) is 1.98. The van der Waals surface area contributed by atoms with Crippen LogP contribution in [-0.2, 0) is 11.3 Å². The Hall–Kier alpha value is -2.93. The molecule has 160 valence electrons. The van der Waals surface area contributed by atoms with Crippen LogP contribution < -0.4 is 19.7 Å². The van der Waals surface area contributed by atoms with Crippen LogP contribution in [0.25, 0.3) is 0 Å². The molecule has 3 rings (SSSR count). The van der Waals surface area contributed by atoms with Gasteiger partial charge < -0.3 is 19.5 Å². The van der Waals surface area contributed by atoms with E-state index >= 15 is 0 Å². The predicted octanol–water partition coefficient (Wildman–Crippen LogP) is 4.41. The van der Waals surface area contributed by atoms with Crippen LogP contribution in [0.15, 0.2) is 36.4 Å². The number of benzene rings is 2. The summed E-state index contributed by atoms with van der Waals surface area (Å²) >= 11 is 6.34. The van der Waals surface area contributed by atoms with Crippen LogP contribution in [0.5, 0.6) is 11.5 Å². The van der Waals surface area contributed by atoms with E-state index in [1.807, 2.05) is 38.1 Å². The molecule has 1 saturated heterocycles. The first-order chi connectivity index (χ1) is 14.5. The molecule has 0 bridgehead atoms. The molecule has 1 N–H and O–H groups in total. The Balaban J connectivity index is 1.71. The topological polar surface area (TPSA) is 77.1 Å². The average molecular weight is 433 g/mol. The summed E-state index contributed by atoms with van der Waals surface area (Å²) < 4.78 is 16.3. The number of halogens is 1. The molecule has 0 unspecified atom stereocenters. The Labute approximate surface area is 180 Å². The van der Waals surface area contributed by atoms with E-state index in [4.69, 9.17) is 25.8 Å². The van der Waals surface area contributed by atoms with Crippen molar-refractivity contribution in [2.45, 2.75) is 26.8 Å². The maximum absolute atomic E-state index is 12.7. The van der Waals surface area contributed by atoms with Gasteiger partial charge in [-0.3, -0.25) is 9.69 Å². The van der Waals surface area contributed by atoms with Crippen molar-refractivity contribution in [3.05, 3.63) is 52.5 Å². The van der Waals surface area contributed by atoms with Crippen molar-refractivity contribution in [3.8, 4) is 11.5 Å². The summed E-state index contributed by atoms with van der Waals surface area (Å²) in [6.07, 6.45) is 0.470. The average Bonchev–Trinajstić information content (AvgIpc) is 3.17. The van der Waals surface area contributed by atoms with E-state index in [0.717, 1.165) is 17.7 Å². The second-order valence-electron chi connectivity index (χ2n) is 6.69. The van der Waals surface area contributed by atoms with Crippen LogP contribution >= 0.6 is 11.6 Å². The number of anilines is 1. The van der Waals surface area contributed by atoms with E-state index in [1.54, 1.807) is 17.0 Å². The fourth-order valence-corrected chi connectivity index (χ4v) is 3.32. The molecule has 0 aromatic heterocycles. The van der Waals surface area contributed by atoms with Gasteiger partial charge >= 0.3 is 6.09 Å². The van der Waals surface area contributed by atoms with E-state index in [1.165, 1.54) is 0 Å². The van der Waals surface area contributed by atoms with Crippen LogP contribution in [0.3, 0.4) is 0 Å². The van der Waals surface area contributed by atoms with Gasteiger partial charge in [-0.25, -0.2) is 4.79 Å². The highest BCUT2D eigenvalue weighted by Crippen LogP contribution is 2.36. The number of nitrogens with one attached hydrogen (secondary N) is 1. The van der Waals surface area contributed by atoms with Crippen molar-refractivity contribution in [3.63, 3.8) is 0 Å². The third-order valence-electron chi connectivity index (χ3n) is 4.46. The molecule has 7 nitrogen and oxygen atoms in total.